The van der Waals surface area contributed by atoms with Gasteiger partial charge in [-0.25, -0.2) is 4.57 Å². The number of ether oxygens (including phenoxy) is 1. The fraction of sp³-hybridized carbons (Fsp3) is 0.723. The van der Waals surface area contributed by atoms with Gasteiger partial charge in [-0.1, -0.05) is 234 Å². The number of carbonyl (C=O) groups excluding carboxylic acids is 2. The predicted molar refractivity (Wildman–Crippen MR) is 323 cm³/mol. The lowest BCUT2D eigenvalue weighted by Gasteiger charge is -2.27. The van der Waals surface area contributed by atoms with Gasteiger partial charge in [0.2, 0.25) is 5.91 Å². The van der Waals surface area contributed by atoms with Crippen LogP contribution in [0, 0.1) is 0 Å². The van der Waals surface area contributed by atoms with E-state index in [4.69, 9.17) is 13.8 Å². The monoisotopic (exact) mass is 1070 g/mol. The molecule has 3 unspecified atom stereocenters. The molecule has 0 radical (unpaired) electrons. The van der Waals surface area contributed by atoms with Crippen LogP contribution in [0.1, 0.15) is 252 Å². The third-order valence-electron chi connectivity index (χ3n) is 13.0. The second-order valence-corrected chi connectivity index (χ2v) is 22.9. The van der Waals surface area contributed by atoms with Gasteiger partial charge in [-0.2, -0.15) is 0 Å². The molecule has 9 nitrogen and oxygen atoms in total. The molecule has 432 valence electrons. The van der Waals surface area contributed by atoms with Gasteiger partial charge in [0.15, 0.2) is 0 Å². The number of rotatable bonds is 54. The standard InChI is InChI=1S/C65H115N2O7P/c1-7-10-13-16-19-22-25-26-27-28-29-30-31-32-33-34-35-36-37-38-39-40-43-45-48-51-54-57-64(68)66-62(61-73-75(70,71)72-60-59-67(4,5)6)63(56-53-50-47-44-41-23-20-17-14-11-8-2)74-65(69)58-55-52-49-46-42-24-21-18-15-12-9-3/h10,13,18-19,21-22,26-27,29-30,32-33,35-36,53,56,62-63H,7-9,11-12,14-17,20,23-25,28,31,34,37-52,54-55,57-61H2,1-6H3,(H-,66,68,70,71)/p+1/b13-10-,21-18-,22-19-,27-26-,30-29-,33-32-,36-35-,56-53-. The summed E-state index contributed by atoms with van der Waals surface area (Å²) in [6, 6.07) is -0.860. The van der Waals surface area contributed by atoms with Crippen LogP contribution in [0.2, 0.25) is 0 Å². The first-order chi connectivity index (χ1) is 36.4. The summed E-state index contributed by atoms with van der Waals surface area (Å²) in [5.41, 5.74) is 0. The summed E-state index contributed by atoms with van der Waals surface area (Å²) in [4.78, 5) is 37.6. The van der Waals surface area contributed by atoms with Crippen LogP contribution in [0.15, 0.2) is 97.2 Å². The fourth-order valence-corrected chi connectivity index (χ4v) is 9.01. The Morgan fingerprint density at radius 1 is 0.480 bits per heavy atom. The Bertz CT molecular complexity index is 1610. The van der Waals surface area contributed by atoms with Gasteiger partial charge in [0.1, 0.15) is 19.3 Å². The number of nitrogens with zero attached hydrogens (tertiary/aromatic N) is 1. The molecule has 0 aliphatic heterocycles. The van der Waals surface area contributed by atoms with Crippen LogP contribution in [-0.2, 0) is 27.9 Å². The number of carbonyl (C=O) groups is 2. The summed E-state index contributed by atoms with van der Waals surface area (Å²) in [6.45, 7) is 6.83. The van der Waals surface area contributed by atoms with Crippen LogP contribution in [0.5, 0.6) is 0 Å². The second kappa shape index (κ2) is 54.3. The van der Waals surface area contributed by atoms with E-state index in [-0.39, 0.29) is 31.5 Å². The van der Waals surface area contributed by atoms with E-state index >= 15 is 0 Å². The van der Waals surface area contributed by atoms with Gasteiger partial charge < -0.3 is 19.4 Å². The van der Waals surface area contributed by atoms with Crippen LogP contribution in [0.3, 0.4) is 0 Å². The zero-order valence-corrected chi connectivity index (χ0v) is 50.2. The fourth-order valence-electron chi connectivity index (χ4n) is 8.28. The molecular weight excluding hydrogens is 952 g/mol. The number of quaternary nitrogens is 1. The topological polar surface area (TPSA) is 111 Å². The molecule has 2 N–H and O–H groups in total. The molecule has 75 heavy (non-hydrogen) atoms. The maximum atomic E-state index is 13.5. The number of allylic oxidation sites excluding steroid dienone is 15. The van der Waals surface area contributed by atoms with Crippen molar-refractivity contribution in [2.24, 2.45) is 0 Å². The lowest BCUT2D eigenvalue weighted by atomic mass is 10.0. The van der Waals surface area contributed by atoms with Gasteiger partial charge in [0, 0.05) is 12.8 Å². The van der Waals surface area contributed by atoms with Crippen molar-refractivity contribution in [2.45, 2.75) is 264 Å². The maximum absolute atomic E-state index is 13.5. The highest BCUT2D eigenvalue weighted by molar-refractivity contribution is 7.47. The highest BCUT2D eigenvalue weighted by Gasteiger charge is 2.30. The average molecular weight is 1070 g/mol. The van der Waals surface area contributed by atoms with Gasteiger partial charge in [-0.3, -0.25) is 18.6 Å². The third-order valence-corrected chi connectivity index (χ3v) is 14.0. The van der Waals surface area contributed by atoms with Crippen molar-refractivity contribution in [3.8, 4) is 0 Å². The molecule has 0 aromatic heterocycles. The molecule has 0 heterocycles. The second-order valence-electron chi connectivity index (χ2n) is 21.5. The van der Waals surface area contributed by atoms with Gasteiger partial charge in [-0.15, -0.1) is 0 Å². The molecule has 1 amide bonds. The number of hydrogen-bond donors (Lipinski definition) is 2. The summed E-state index contributed by atoms with van der Waals surface area (Å²) in [7, 11) is 1.47. The molecule has 0 saturated heterocycles. The number of phosphoric ester groups is 1. The lowest BCUT2D eigenvalue weighted by Crippen LogP contribution is -2.47. The molecule has 0 spiro atoms. The molecule has 0 aliphatic rings. The number of esters is 1. The summed E-state index contributed by atoms with van der Waals surface area (Å²) in [5, 5.41) is 3.04. The predicted octanol–water partition coefficient (Wildman–Crippen LogP) is 18.8. The highest BCUT2D eigenvalue weighted by atomic mass is 31.2. The van der Waals surface area contributed by atoms with E-state index in [9.17, 15) is 19.0 Å². The summed E-state index contributed by atoms with van der Waals surface area (Å²) in [5.74, 6) is -0.531. The molecule has 0 bridgehead atoms. The highest BCUT2D eigenvalue weighted by Crippen LogP contribution is 2.43. The van der Waals surface area contributed by atoms with E-state index in [1.54, 1.807) is 0 Å². The Morgan fingerprint density at radius 2 is 0.867 bits per heavy atom. The Labute approximate surface area is 462 Å². The Kier molecular flexibility index (Phi) is 52.1. The van der Waals surface area contributed by atoms with Crippen molar-refractivity contribution in [1.82, 2.24) is 5.32 Å². The van der Waals surface area contributed by atoms with E-state index in [1.165, 1.54) is 83.5 Å². The van der Waals surface area contributed by atoms with Crippen LogP contribution in [-0.4, -0.2) is 74.3 Å². The van der Waals surface area contributed by atoms with Crippen molar-refractivity contribution < 1.29 is 37.3 Å². The van der Waals surface area contributed by atoms with E-state index in [0.29, 0.717) is 17.4 Å². The van der Waals surface area contributed by atoms with Gasteiger partial charge in [0.05, 0.1) is 33.8 Å². The van der Waals surface area contributed by atoms with Crippen LogP contribution < -0.4 is 5.32 Å². The van der Waals surface area contributed by atoms with Crippen molar-refractivity contribution in [3.05, 3.63) is 97.2 Å². The minimum atomic E-state index is -4.45. The number of nitrogens with one attached hydrogen (secondary N) is 1. The zero-order chi connectivity index (χ0) is 55.0. The smallest absolute Gasteiger partial charge is 0.456 e. The normalized spacial score (nSPS) is 14.4. The van der Waals surface area contributed by atoms with Crippen LogP contribution >= 0.6 is 7.82 Å². The summed E-state index contributed by atoms with van der Waals surface area (Å²) >= 11 is 0. The Balaban J connectivity index is 5.08. The molecule has 3 atom stereocenters. The molecule has 0 rings (SSSR count). The first-order valence-electron chi connectivity index (χ1n) is 30.6. The molecule has 0 aromatic carbocycles. The number of unbranched alkanes of at least 4 members (excludes halogenated alkanes) is 24. The van der Waals surface area contributed by atoms with Crippen molar-refractivity contribution in [2.75, 3.05) is 40.9 Å². The lowest BCUT2D eigenvalue weighted by molar-refractivity contribution is -0.870. The van der Waals surface area contributed by atoms with Crippen LogP contribution in [0.4, 0.5) is 0 Å². The SMILES string of the molecule is CC/C=C\C/C=C\C/C=C\C/C=C\C/C=C\C/C=C\CCCCCCCCCCC(=O)NC(COP(=O)(O)OCC[N+](C)(C)C)C(/C=C\CCCCCCCCCCC)OC(=O)CCCCCCC/C=C\CCCC. The Morgan fingerprint density at radius 3 is 1.33 bits per heavy atom. The number of likely N-dealkylation sites (N-methyl/N-ethyl adjacent to an activating group) is 1. The van der Waals surface area contributed by atoms with E-state index < -0.39 is 20.0 Å². The largest absolute Gasteiger partial charge is 0.472 e. The minimum absolute atomic E-state index is 0.0331. The molecular formula is C65H116N2O7P+. The maximum Gasteiger partial charge on any atom is 0.472 e. The summed E-state index contributed by atoms with van der Waals surface area (Å²) in [6.07, 6.45) is 72.7. The Hall–Kier alpha value is -3.07. The molecule has 0 saturated carbocycles. The van der Waals surface area contributed by atoms with Gasteiger partial charge >= 0.3 is 13.8 Å². The van der Waals surface area contributed by atoms with E-state index in [0.717, 1.165) is 135 Å². The van der Waals surface area contributed by atoms with Gasteiger partial charge in [-0.05, 0) is 102 Å². The number of phosphoric acid groups is 1. The van der Waals surface area contributed by atoms with Crippen LogP contribution in [0.25, 0.3) is 0 Å². The minimum Gasteiger partial charge on any atom is -0.456 e. The number of hydrogen-bond acceptors (Lipinski definition) is 6. The average Bonchev–Trinajstić information content (AvgIpc) is 3.37. The van der Waals surface area contributed by atoms with Gasteiger partial charge in [0.25, 0.3) is 0 Å². The quantitative estimate of drug-likeness (QED) is 0.0205. The third kappa shape index (κ3) is 55.5. The molecule has 0 aliphatic carbocycles. The van der Waals surface area contributed by atoms with Crippen molar-refractivity contribution in [1.29, 1.82) is 0 Å². The van der Waals surface area contributed by atoms with E-state index in [1.807, 2.05) is 33.3 Å². The van der Waals surface area contributed by atoms with Crippen molar-refractivity contribution in [3.63, 3.8) is 0 Å². The summed E-state index contributed by atoms with van der Waals surface area (Å²) < 4.78 is 30.6. The first kappa shape index (κ1) is 71.9. The molecule has 10 heteroatoms. The van der Waals surface area contributed by atoms with E-state index in [2.05, 4.69) is 111 Å². The zero-order valence-electron chi connectivity index (χ0n) is 49.3. The number of amides is 1. The molecule has 0 aromatic rings. The molecule has 0 fully saturated rings. The van der Waals surface area contributed by atoms with Crippen molar-refractivity contribution >= 4 is 19.7 Å². The first-order valence-corrected chi connectivity index (χ1v) is 32.1.